The molecule has 2 aliphatic heterocycles. The Bertz CT molecular complexity index is 1020. The fourth-order valence-electron chi connectivity index (χ4n) is 4.35. The van der Waals surface area contributed by atoms with Crippen LogP contribution in [-0.2, 0) is 9.59 Å². The van der Waals surface area contributed by atoms with Crippen LogP contribution < -0.4 is 19.7 Å². The maximum Gasteiger partial charge on any atom is 0.253 e. The fraction of sp³-hybridized carbons (Fsp3) is 0.417. The first-order chi connectivity index (χ1) is 16.0. The first-order valence-corrected chi connectivity index (χ1v) is 11.0. The zero-order valence-electron chi connectivity index (χ0n) is 18.8. The van der Waals surface area contributed by atoms with Crippen molar-refractivity contribution in [2.75, 3.05) is 38.8 Å². The number of nitrogens with one attached hydrogen (secondary N) is 1. The molecule has 1 atom stereocenters. The van der Waals surface area contributed by atoms with E-state index in [1.165, 1.54) is 0 Å². The normalized spacial score (nSPS) is 18.8. The summed E-state index contributed by atoms with van der Waals surface area (Å²) >= 11 is 0. The maximum absolute atomic E-state index is 12.9. The molecule has 0 bridgehead atoms. The highest BCUT2D eigenvalue weighted by molar-refractivity contribution is 6.01. The van der Waals surface area contributed by atoms with Gasteiger partial charge in [0.15, 0.2) is 0 Å². The number of hydrogen-bond donors (Lipinski definition) is 1. The Kier molecular flexibility index (Phi) is 6.76. The van der Waals surface area contributed by atoms with Gasteiger partial charge in [0.25, 0.3) is 5.91 Å². The predicted molar refractivity (Wildman–Crippen MR) is 121 cm³/mol. The molecule has 1 aromatic heterocycles. The number of amides is 3. The van der Waals surface area contributed by atoms with Gasteiger partial charge in [0, 0.05) is 56.1 Å². The summed E-state index contributed by atoms with van der Waals surface area (Å²) < 4.78 is 10.7. The second kappa shape index (κ2) is 9.89. The van der Waals surface area contributed by atoms with E-state index in [0.717, 1.165) is 0 Å². The van der Waals surface area contributed by atoms with E-state index in [-0.39, 0.29) is 36.7 Å². The van der Waals surface area contributed by atoms with Crippen molar-refractivity contribution in [2.24, 2.45) is 5.92 Å². The minimum absolute atomic E-state index is 0.0190. The van der Waals surface area contributed by atoms with E-state index in [9.17, 15) is 14.4 Å². The smallest absolute Gasteiger partial charge is 0.253 e. The van der Waals surface area contributed by atoms with Gasteiger partial charge in [0.1, 0.15) is 11.5 Å². The van der Waals surface area contributed by atoms with E-state index in [0.29, 0.717) is 48.7 Å². The number of methoxy groups -OCH3 is 2. The van der Waals surface area contributed by atoms with Crippen LogP contribution in [0.3, 0.4) is 0 Å². The lowest BCUT2D eigenvalue weighted by Gasteiger charge is -2.33. The monoisotopic (exact) mass is 452 g/mol. The highest BCUT2D eigenvalue weighted by Crippen LogP contribution is 2.36. The lowest BCUT2D eigenvalue weighted by atomic mass is 10.0. The van der Waals surface area contributed by atoms with Crippen LogP contribution in [0.15, 0.2) is 42.7 Å². The number of pyridine rings is 1. The molecular formula is C24H28N4O5. The Morgan fingerprint density at radius 3 is 2.45 bits per heavy atom. The number of carbonyl (C=O) groups excluding carboxylic acids is 3. The molecule has 2 aliphatic rings. The molecule has 0 spiro atoms. The number of benzene rings is 1. The van der Waals surface area contributed by atoms with Gasteiger partial charge in [0.05, 0.1) is 25.8 Å². The number of piperidine rings is 1. The number of hydrogen-bond acceptors (Lipinski definition) is 6. The number of nitrogens with zero attached hydrogens (tertiary/aromatic N) is 3. The quantitative estimate of drug-likeness (QED) is 0.718. The van der Waals surface area contributed by atoms with Crippen LogP contribution >= 0.6 is 0 Å². The molecule has 9 heteroatoms. The van der Waals surface area contributed by atoms with Crippen LogP contribution in [-0.4, -0.2) is 67.5 Å². The number of carbonyl (C=O) groups is 3. The van der Waals surface area contributed by atoms with E-state index in [4.69, 9.17) is 9.47 Å². The van der Waals surface area contributed by atoms with E-state index in [1.54, 1.807) is 66.7 Å². The molecule has 0 radical (unpaired) electrons. The maximum atomic E-state index is 12.9. The highest BCUT2D eigenvalue weighted by atomic mass is 16.5. The molecule has 174 valence electrons. The molecule has 0 saturated carbocycles. The van der Waals surface area contributed by atoms with Gasteiger partial charge in [-0.3, -0.25) is 19.4 Å². The number of rotatable bonds is 6. The lowest BCUT2D eigenvalue weighted by Crippen LogP contribution is -2.48. The molecule has 3 heterocycles. The van der Waals surface area contributed by atoms with Crippen molar-refractivity contribution in [3.8, 4) is 11.5 Å². The number of aromatic nitrogens is 1. The van der Waals surface area contributed by atoms with E-state index in [2.05, 4.69) is 10.3 Å². The molecule has 9 nitrogen and oxygen atoms in total. The summed E-state index contributed by atoms with van der Waals surface area (Å²) in [6.07, 6.45) is 4.71. The van der Waals surface area contributed by atoms with Crippen molar-refractivity contribution in [1.29, 1.82) is 0 Å². The minimum Gasteiger partial charge on any atom is -0.497 e. The van der Waals surface area contributed by atoms with E-state index >= 15 is 0 Å². The van der Waals surface area contributed by atoms with Gasteiger partial charge in [-0.25, -0.2) is 0 Å². The number of likely N-dealkylation sites (tertiary alicyclic amines) is 1. The lowest BCUT2D eigenvalue weighted by molar-refractivity contribution is -0.127. The highest BCUT2D eigenvalue weighted by Gasteiger charge is 2.37. The first kappa shape index (κ1) is 22.6. The predicted octanol–water partition coefficient (Wildman–Crippen LogP) is 1.87. The molecule has 4 rings (SSSR count). The van der Waals surface area contributed by atoms with Crippen molar-refractivity contribution in [1.82, 2.24) is 15.2 Å². The van der Waals surface area contributed by atoms with Gasteiger partial charge in [-0.2, -0.15) is 0 Å². The van der Waals surface area contributed by atoms with Crippen LogP contribution in [0, 0.1) is 5.92 Å². The van der Waals surface area contributed by atoms with Crippen LogP contribution in [0.1, 0.15) is 29.6 Å². The Morgan fingerprint density at radius 1 is 1.06 bits per heavy atom. The Balaban J connectivity index is 1.33. The van der Waals surface area contributed by atoms with Crippen molar-refractivity contribution < 1.29 is 23.9 Å². The molecule has 1 aromatic carbocycles. The topological polar surface area (TPSA) is 101 Å². The molecule has 1 N–H and O–H groups in total. The summed E-state index contributed by atoms with van der Waals surface area (Å²) in [5.41, 5.74) is 1.21. The largest absolute Gasteiger partial charge is 0.497 e. The van der Waals surface area contributed by atoms with Crippen LogP contribution in [0.4, 0.5) is 5.69 Å². The molecule has 3 amide bonds. The van der Waals surface area contributed by atoms with Gasteiger partial charge in [0.2, 0.25) is 11.8 Å². The van der Waals surface area contributed by atoms with Crippen LogP contribution in [0.2, 0.25) is 0 Å². The van der Waals surface area contributed by atoms with Crippen molar-refractivity contribution >= 4 is 23.4 Å². The van der Waals surface area contributed by atoms with Crippen molar-refractivity contribution in [2.45, 2.75) is 25.3 Å². The summed E-state index contributed by atoms with van der Waals surface area (Å²) in [6, 6.07) is 8.64. The second-order valence-electron chi connectivity index (χ2n) is 8.25. The van der Waals surface area contributed by atoms with Crippen molar-refractivity contribution in [3.63, 3.8) is 0 Å². The third-order valence-corrected chi connectivity index (χ3v) is 6.23. The Hall–Kier alpha value is -3.62. The summed E-state index contributed by atoms with van der Waals surface area (Å²) in [4.78, 5) is 45.5. The Morgan fingerprint density at radius 2 is 1.79 bits per heavy atom. The van der Waals surface area contributed by atoms with Gasteiger partial charge >= 0.3 is 0 Å². The first-order valence-electron chi connectivity index (χ1n) is 11.0. The zero-order valence-corrected chi connectivity index (χ0v) is 18.8. The third kappa shape index (κ3) is 4.92. The van der Waals surface area contributed by atoms with Crippen LogP contribution in [0.25, 0.3) is 0 Å². The van der Waals surface area contributed by atoms with Gasteiger partial charge in [-0.1, -0.05) is 0 Å². The molecule has 33 heavy (non-hydrogen) atoms. The molecule has 2 aromatic rings. The SMILES string of the molecule is COc1ccc(OC)c(N2CC(C(=O)NC3CCN(C(=O)c4ccncc4)CC3)CC2=O)c1. The molecular weight excluding hydrogens is 424 g/mol. The number of ether oxygens (including phenoxy) is 2. The second-order valence-corrected chi connectivity index (χ2v) is 8.25. The van der Waals surface area contributed by atoms with Crippen molar-refractivity contribution in [3.05, 3.63) is 48.3 Å². The van der Waals surface area contributed by atoms with E-state index in [1.807, 2.05) is 0 Å². The van der Waals surface area contributed by atoms with E-state index < -0.39 is 5.92 Å². The molecule has 2 saturated heterocycles. The minimum atomic E-state index is -0.440. The third-order valence-electron chi connectivity index (χ3n) is 6.23. The van der Waals surface area contributed by atoms with Gasteiger partial charge in [-0.15, -0.1) is 0 Å². The average molecular weight is 453 g/mol. The summed E-state index contributed by atoms with van der Waals surface area (Å²) in [6.45, 7) is 1.43. The number of anilines is 1. The summed E-state index contributed by atoms with van der Waals surface area (Å²) in [5, 5.41) is 3.08. The zero-order chi connectivity index (χ0) is 23.4. The molecule has 0 aliphatic carbocycles. The molecule has 1 unspecified atom stereocenters. The van der Waals surface area contributed by atoms with Gasteiger partial charge in [-0.05, 0) is 37.1 Å². The van der Waals surface area contributed by atoms with Gasteiger partial charge < -0.3 is 24.6 Å². The summed E-state index contributed by atoms with van der Waals surface area (Å²) in [5.74, 6) is 0.443. The van der Waals surface area contributed by atoms with Crippen LogP contribution in [0.5, 0.6) is 11.5 Å². The average Bonchev–Trinajstić information content (AvgIpc) is 3.25. The molecule has 2 fully saturated rings. The summed E-state index contributed by atoms with van der Waals surface area (Å²) in [7, 11) is 3.10. The fourth-order valence-corrected chi connectivity index (χ4v) is 4.35. The standard InChI is InChI=1S/C24H28N4O5/c1-32-19-3-4-21(33-2)20(14-19)28-15-17(13-22(28)29)23(30)26-18-7-11-27(12-8-18)24(31)16-5-9-25-10-6-16/h3-6,9-10,14,17-18H,7-8,11-13,15H2,1-2H3,(H,26,30). The Labute approximate surface area is 192 Å².